The summed E-state index contributed by atoms with van der Waals surface area (Å²) in [6.07, 6.45) is 2.34. The molecule has 7 atom stereocenters. The Morgan fingerprint density at radius 1 is 1.19 bits per heavy atom. The first-order chi connectivity index (χ1) is 14.4. The maximum atomic E-state index is 13.2. The topological polar surface area (TPSA) is 62.6 Å². The number of alkyl halides is 1. The van der Waals surface area contributed by atoms with E-state index in [0.29, 0.717) is 6.42 Å². The fourth-order valence-corrected chi connectivity index (χ4v) is 8.46. The molecule has 1 aliphatic heterocycles. The Bertz CT molecular complexity index is 1150. The Morgan fingerprint density at radius 3 is 2.55 bits per heavy atom. The van der Waals surface area contributed by atoms with Crippen molar-refractivity contribution < 1.29 is 9.84 Å². The number of aliphatic hydroxyl groups is 1. The number of ether oxygens (including phenoxy) is 1. The Labute approximate surface area is 189 Å². The number of rotatable bonds is 2. The van der Waals surface area contributed by atoms with E-state index in [1.165, 1.54) is 5.56 Å². The van der Waals surface area contributed by atoms with Crippen LogP contribution < -0.4 is 0 Å². The molecule has 2 aromatic rings. The van der Waals surface area contributed by atoms with Crippen LogP contribution >= 0.6 is 11.6 Å². The first-order valence-corrected chi connectivity index (χ1v) is 11.8. The molecule has 1 aromatic carbocycles. The van der Waals surface area contributed by atoms with Gasteiger partial charge in [0.05, 0.1) is 17.8 Å². The molecule has 0 radical (unpaired) electrons. The molecule has 0 amide bonds. The van der Waals surface area contributed by atoms with Gasteiger partial charge in [-0.1, -0.05) is 52.8 Å². The summed E-state index contributed by atoms with van der Waals surface area (Å²) in [6, 6.07) is 6.47. The molecule has 31 heavy (non-hydrogen) atoms. The van der Waals surface area contributed by atoms with Crippen LogP contribution in [-0.2, 0) is 21.2 Å². The average molecular weight is 440 g/mol. The summed E-state index contributed by atoms with van der Waals surface area (Å²) < 4.78 is 6.46. The second kappa shape index (κ2) is 5.41. The van der Waals surface area contributed by atoms with Crippen molar-refractivity contribution in [3.05, 3.63) is 53.0 Å². The molecule has 1 aromatic heterocycles. The maximum Gasteiger partial charge on any atom is 0.0936 e. The summed E-state index contributed by atoms with van der Waals surface area (Å²) in [5, 5.41) is 19.2. The minimum Gasteiger partial charge on any atom is -0.654 e. The number of halogens is 1. The Balaban J connectivity index is 1.86. The van der Waals surface area contributed by atoms with Crippen LogP contribution in [0.2, 0.25) is 0 Å². The number of benzene rings is 1. The Hall–Kier alpha value is -1.33. The monoisotopic (exact) mass is 439 g/mol. The van der Waals surface area contributed by atoms with E-state index < -0.39 is 16.6 Å². The summed E-state index contributed by atoms with van der Waals surface area (Å²) in [6.45, 7) is 15.3. The molecule has 1 saturated carbocycles. The van der Waals surface area contributed by atoms with E-state index in [4.69, 9.17) is 21.7 Å². The van der Waals surface area contributed by atoms with Crippen LogP contribution in [0.15, 0.2) is 30.9 Å². The van der Waals surface area contributed by atoms with Crippen molar-refractivity contribution in [3.8, 4) is 0 Å². The number of hydrogen-bond donors (Lipinski definition) is 2. The SMILES string of the molecule is C=C[C@@]1(C)[C@H](Cl)C[C@@H]2C(C)(C)c3cccc4[nH]c5c(c34)[C@@]2(O)[C@]1([N-]C)[C@H]1O[C@H]1C5(C)C. The summed E-state index contributed by atoms with van der Waals surface area (Å²) in [5.74, 6) is -0.106. The van der Waals surface area contributed by atoms with Gasteiger partial charge in [0.25, 0.3) is 0 Å². The predicted octanol–water partition coefficient (Wildman–Crippen LogP) is 5.27. The summed E-state index contributed by atoms with van der Waals surface area (Å²) >= 11 is 7.20. The number of aromatic nitrogens is 1. The third-order valence-corrected chi connectivity index (χ3v) is 10.4. The molecule has 0 spiro atoms. The van der Waals surface area contributed by atoms with Gasteiger partial charge >= 0.3 is 0 Å². The van der Waals surface area contributed by atoms with Crippen LogP contribution in [0.4, 0.5) is 0 Å². The van der Waals surface area contributed by atoms with Crippen molar-refractivity contribution >= 4 is 22.5 Å². The molecule has 5 heteroatoms. The molecule has 0 unspecified atom stereocenters. The predicted molar refractivity (Wildman–Crippen MR) is 125 cm³/mol. The summed E-state index contributed by atoms with van der Waals surface area (Å²) in [7, 11) is 1.83. The number of likely N-dealkylation sites (N-methyl/N-ethyl adjacent to an activating group) is 1. The number of aromatic amines is 1. The lowest BCUT2D eigenvalue weighted by Gasteiger charge is -2.73. The summed E-state index contributed by atoms with van der Waals surface area (Å²) in [4.78, 5) is 3.72. The van der Waals surface area contributed by atoms with Gasteiger partial charge in [0.15, 0.2) is 0 Å². The standard InChI is InChI=1S/C26H32ClN2O2/c1-8-24(6)16(27)12-15-22(2,3)13-10-9-11-14-17(13)18-19(29-14)23(4,5)20-21(31-20)26(24,28-7)25(15,18)30/h8-11,15-16,20-21,29-30H,1,12H2,2-7H3/q-1/t15-,16-,20-,21+,24+,25-,26+/m1/s1. The van der Waals surface area contributed by atoms with E-state index in [2.05, 4.69) is 64.4 Å². The molecular weight excluding hydrogens is 408 g/mol. The molecule has 166 valence electrons. The molecule has 0 bridgehead atoms. The second-order valence-corrected chi connectivity index (χ2v) is 12.0. The quantitative estimate of drug-likeness (QED) is 0.380. The van der Waals surface area contributed by atoms with Gasteiger partial charge < -0.3 is 20.1 Å². The minimum atomic E-state index is -1.23. The Kier molecular flexibility index (Phi) is 3.54. The lowest BCUT2D eigenvalue weighted by atomic mass is 9.42. The van der Waals surface area contributed by atoms with Gasteiger partial charge in [-0.3, -0.25) is 0 Å². The highest BCUT2D eigenvalue weighted by atomic mass is 35.5. The number of nitrogens with one attached hydrogen (secondary N) is 1. The Morgan fingerprint density at radius 2 is 1.90 bits per heavy atom. The van der Waals surface area contributed by atoms with Crippen molar-refractivity contribution in [2.24, 2.45) is 11.3 Å². The number of nitrogens with zero attached hydrogens (tertiary/aromatic N) is 1. The molecular formula is C26H32ClN2O2-. The fraction of sp³-hybridized carbons (Fsp3) is 0.615. The van der Waals surface area contributed by atoms with E-state index in [0.717, 1.165) is 22.2 Å². The van der Waals surface area contributed by atoms with E-state index in [1.54, 1.807) is 0 Å². The second-order valence-electron chi connectivity index (χ2n) is 11.5. The fourth-order valence-electron chi connectivity index (χ4n) is 8.02. The van der Waals surface area contributed by atoms with E-state index in [9.17, 15) is 5.11 Å². The molecule has 4 aliphatic rings. The molecule has 3 aliphatic carbocycles. The zero-order valence-corrected chi connectivity index (χ0v) is 20.0. The highest BCUT2D eigenvalue weighted by molar-refractivity contribution is 6.21. The lowest BCUT2D eigenvalue weighted by Crippen LogP contribution is -2.74. The van der Waals surface area contributed by atoms with Crippen LogP contribution in [0.3, 0.4) is 0 Å². The molecule has 2 fully saturated rings. The van der Waals surface area contributed by atoms with Gasteiger partial charge in [0.1, 0.15) is 0 Å². The van der Waals surface area contributed by atoms with Crippen molar-refractivity contribution in [1.82, 2.24) is 4.98 Å². The van der Waals surface area contributed by atoms with Gasteiger partial charge in [0.2, 0.25) is 0 Å². The third kappa shape index (κ3) is 1.79. The number of H-pyrrole nitrogens is 1. The molecule has 6 rings (SSSR count). The zero-order chi connectivity index (χ0) is 22.4. The molecule has 2 heterocycles. The highest BCUT2D eigenvalue weighted by Gasteiger charge is 2.77. The average Bonchev–Trinajstić information content (AvgIpc) is 3.43. The molecule has 4 nitrogen and oxygen atoms in total. The lowest BCUT2D eigenvalue weighted by molar-refractivity contribution is -0.168. The summed E-state index contributed by atoms with van der Waals surface area (Å²) in [5.41, 5.74) is 1.09. The van der Waals surface area contributed by atoms with Crippen LogP contribution in [0.1, 0.15) is 57.9 Å². The smallest absolute Gasteiger partial charge is 0.0936 e. The van der Waals surface area contributed by atoms with Crippen molar-refractivity contribution in [2.75, 3.05) is 7.05 Å². The first kappa shape index (κ1) is 20.3. The van der Waals surface area contributed by atoms with Gasteiger partial charge in [-0.05, 0) is 34.4 Å². The van der Waals surface area contributed by atoms with Crippen LogP contribution in [0.5, 0.6) is 0 Å². The maximum absolute atomic E-state index is 13.2. The van der Waals surface area contributed by atoms with Gasteiger partial charge in [-0.25, -0.2) is 0 Å². The molecule has 2 N–H and O–H groups in total. The van der Waals surface area contributed by atoms with Gasteiger partial charge in [-0.2, -0.15) is 7.05 Å². The first-order valence-electron chi connectivity index (χ1n) is 11.4. The molecule has 1 saturated heterocycles. The number of fused-ring (bicyclic) bond motifs is 2. The third-order valence-electron chi connectivity index (χ3n) is 9.81. The van der Waals surface area contributed by atoms with Crippen molar-refractivity contribution in [2.45, 2.75) is 80.6 Å². The van der Waals surface area contributed by atoms with Gasteiger partial charge in [0, 0.05) is 38.9 Å². The van der Waals surface area contributed by atoms with E-state index >= 15 is 0 Å². The van der Waals surface area contributed by atoms with Crippen molar-refractivity contribution in [3.63, 3.8) is 0 Å². The van der Waals surface area contributed by atoms with E-state index in [1.807, 2.05) is 13.1 Å². The largest absolute Gasteiger partial charge is 0.654 e. The van der Waals surface area contributed by atoms with Crippen LogP contribution in [-0.4, -0.2) is 40.3 Å². The van der Waals surface area contributed by atoms with Crippen LogP contribution in [0.25, 0.3) is 16.2 Å². The zero-order valence-electron chi connectivity index (χ0n) is 19.2. The van der Waals surface area contributed by atoms with Crippen LogP contribution in [0, 0.1) is 11.3 Å². The number of epoxide rings is 1. The van der Waals surface area contributed by atoms with E-state index in [-0.39, 0.29) is 34.3 Å². The van der Waals surface area contributed by atoms with Gasteiger partial charge in [-0.15, -0.1) is 18.2 Å². The van der Waals surface area contributed by atoms with Crippen molar-refractivity contribution in [1.29, 1.82) is 0 Å². The minimum absolute atomic E-state index is 0.0522. The normalized spacial score (nSPS) is 45.7. The number of hydrogen-bond acceptors (Lipinski definition) is 2. The highest BCUT2D eigenvalue weighted by Crippen LogP contribution is 2.74.